The molecule has 0 radical (unpaired) electrons. The summed E-state index contributed by atoms with van der Waals surface area (Å²) < 4.78 is 0. The van der Waals surface area contributed by atoms with Gasteiger partial charge in [0.15, 0.2) is 0 Å². The van der Waals surface area contributed by atoms with Gasteiger partial charge in [-0.15, -0.1) is 0 Å². The van der Waals surface area contributed by atoms with Crippen LogP contribution in [0.1, 0.15) is 65.7 Å². The van der Waals surface area contributed by atoms with E-state index in [0.717, 1.165) is 25.2 Å². The predicted octanol–water partition coefficient (Wildman–Crippen LogP) is 3.51. The molecule has 2 nitrogen and oxygen atoms in total. The van der Waals surface area contributed by atoms with Gasteiger partial charge in [-0.05, 0) is 31.6 Å². The van der Waals surface area contributed by atoms with E-state index >= 15 is 0 Å². The van der Waals surface area contributed by atoms with Crippen molar-refractivity contribution in [2.24, 2.45) is 11.8 Å². The molecule has 0 aromatic rings. The standard InChI is InChI=1S/C14H27NO/c1-11(2)10-12(3)15-14(16)9-8-13-6-4-5-7-13/h11-13H,4-10H2,1-3H3,(H,15,16). The van der Waals surface area contributed by atoms with Crippen molar-refractivity contribution in [3.63, 3.8) is 0 Å². The van der Waals surface area contributed by atoms with Crippen LogP contribution in [0.5, 0.6) is 0 Å². The van der Waals surface area contributed by atoms with E-state index in [-0.39, 0.29) is 5.91 Å². The van der Waals surface area contributed by atoms with Gasteiger partial charge in [0.05, 0.1) is 0 Å². The maximum Gasteiger partial charge on any atom is 0.220 e. The van der Waals surface area contributed by atoms with E-state index in [1.807, 2.05) is 0 Å². The van der Waals surface area contributed by atoms with Crippen LogP contribution in [0.25, 0.3) is 0 Å². The summed E-state index contributed by atoms with van der Waals surface area (Å²) in [6.07, 6.45) is 8.33. The van der Waals surface area contributed by atoms with E-state index in [2.05, 4.69) is 26.1 Å². The number of hydrogen-bond acceptors (Lipinski definition) is 1. The van der Waals surface area contributed by atoms with Crippen molar-refractivity contribution in [3.05, 3.63) is 0 Å². The Kier molecular flexibility index (Phi) is 5.86. The first-order valence-corrected chi connectivity index (χ1v) is 6.87. The van der Waals surface area contributed by atoms with Gasteiger partial charge in [0.25, 0.3) is 0 Å². The number of rotatable bonds is 6. The van der Waals surface area contributed by atoms with Gasteiger partial charge in [-0.1, -0.05) is 39.5 Å². The summed E-state index contributed by atoms with van der Waals surface area (Å²) in [4.78, 5) is 11.7. The first-order chi connectivity index (χ1) is 7.58. The van der Waals surface area contributed by atoms with Gasteiger partial charge in [0.1, 0.15) is 0 Å². The van der Waals surface area contributed by atoms with Gasteiger partial charge in [-0.3, -0.25) is 4.79 Å². The Bertz CT molecular complexity index is 207. The smallest absolute Gasteiger partial charge is 0.220 e. The van der Waals surface area contributed by atoms with Crippen molar-refractivity contribution in [1.29, 1.82) is 0 Å². The van der Waals surface area contributed by atoms with Gasteiger partial charge >= 0.3 is 0 Å². The second kappa shape index (κ2) is 6.93. The van der Waals surface area contributed by atoms with Gasteiger partial charge in [0, 0.05) is 12.5 Å². The molecule has 0 heterocycles. The van der Waals surface area contributed by atoms with Gasteiger partial charge < -0.3 is 5.32 Å². The molecule has 1 atom stereocenters. The van der Waals surface area contributed by atoms with Crippen molar-refractivity contribution < 1.29 is 4.79 Å². The second-order valence-electron chi connectivity index (χ2n) is 5.79. The molecule has 0 bridgehead atoms. The number of amides is 1. The van der Waals surface area contributed by atoms with Crippen LogP contribution in [0.2, 0.25) is 0 Å². The zero-order valence-corrected chi connectivity index (χ0v) is 11.1. The third-order valence-corrected chi connectivity index (χ3v) is 3.49. The summed E-state index contributed by atoms with van der Waals surface area (Å²) in [5, 5.41) is 3.10. The highest BCUT2D eigenvalue weighted by Crippen LogP contribution is 2.28. The van der Waals surface area contributed by atoms with Crippen LogP contribution in [0.3, 0.4) is 0 Å². The van der Waals surface area contributed by atoms with E-state index in [4.69, 9.17) is 0 Å². The normalized spacial score (nSPS) is 19.0. The molecule has 1 N–H and O–H groups in total. The molecule has 1 amide bonds. The van der Waals surface area contributed by atoms with Gasteiger partial charge in [-0.2, -0.15) is 0 Å². The molecule has 1 unspecified atom stereocenters. The maximum absolute atomic E-state index is 11.7. The predicted molar refractivity (Wildman–Crippen MR) is 68.3 cm³/mol. The van der Waals surface area contributed by atoms with E-state index in [1.54, 1.807) is 0 Å². The Morgan fingerprint density at radius 2 is 1.88 bits per heavy atom. The average Bonchev–Trinajstić information content (AvgIpc) is 2.65. The van der Waals surface area contributed by atoms with Crippen LogP contribution in [-0.2, 0) is 4.79 Å². The van der Waals surface area contributed by atoms with E-state index in [9.17, 15) is 4.79 Å². The first kappa shape index (κ1) is 13.5. The Morgan fingerprint density at radius 1 is 1.25 bits per heavy atom. The number of nitrogens with one attached hydrogen (secondary N) is 1. The molecule has 0 aromatic carbocycles. The first-order valence-electron chi connectivity index (χ1n) is 6.87. The van der Waals surface area contributed by atoms with Crippen molar-refractivity contribution >= 4 is 5.91 Å². The average molecular weight is 225 g/mol. The van der Waals surface area contributed by atoms with Gasteiger partial charge in [0.2, 0.25) is 5.91 Å². The monoisotopic (exact) mass is 225 g/mol. The molecule has 1 saturated carbocycles. The zero-order chi connectivity index (χ0) is 12.0. The van der Waals surface area contributed by atoms with Crippen molar-refractivity contribution in [1.82, 2.24) is 5.32 Å². The Balaban J connectivity index is 2.09. The molecule has 0 aromatic heterocycles. The minimum atomic E-state index is 0.250. The molecule has 1 rings (SSSR count). The van der Waals surface area contributed by atoms with Crippen molar-refractivity contribution in [2.75, 3.05) is 0 Å². The van der Waals surface area contributed by atoms with Gasteiger partial charge in [-0.25, -0.2) is 0 Å². The Labute approximate surface area is 100 Å². The van der Waals surface area contributed by atoms with Crippen LogP contribution < -0.4 is 5.32 Å². The molecule has 2 heteroatoms. The highest BCUT2D eigenvalue weighted by Gasteiger charge is 2.16. The zero-order valence-electron chi connectivity index (χ0n) is 11.1. The maximum atomic E-state index is 11.7. The summed E-state index contributed by atoms with van der Waals surface area (Å²) in [6.45, 7) is 6.50. The molecule has 1 aliphatic rings. The third kappa shape index (κ3) is 5.53. The fourth-order valence-electron chi connectivity index (χ4n) is 2.75. The second-order valence-corrected chi connectivity index (χ2v) is 5.79. The minimum Gasteiger partial charge on any atom is -0.354 e. The minimum absolute atomic E-state index is 0.250. The lowest BCUT2D eigenvalue weighted by atomic mass is 10.0. The SMILES string of the molecule is CC(C)CC(C)NC(=O)CCC1CCCC1. The highest BCUT2D eigenvalue weighted by atomic mass is 16.1. The summed E-state index contributed by atoms with van der Waals surface area (Å²) in [5.74, 6) is 1.73. The van der Waals surface area contributed by atoms with E-state index < -0.39 is 0 Å². The van der Waals surface area contributed by atoms with Crippen LogP contribution in [-0.4, -0.2) is 11.9 Å². The Hall–Kier alpha value is -0.530. The lowest BCUT2D eigenvalue weighted by molar-refractivity contribution is -0.122. The molecule has 1 fully saturated rings. The molecular formula is C14H27NO. The summed E-state index contributed by atoms with van der Waals surface area (Å²) in [6, 6.07) is 0.330. The number of carbonyl (C=O) groups is 1. The fraction of sp³-hybridized carbons (Fsp3) is 0.929. The third-order valence-electron chi connectivity index (χ3n) is 3.49. The quantitative estimate of drug-likeness (QED) is 0.736. The number of hydrogen-bond donors (Lipinski definition) is 1. The lowest BCUT2D eigenvalue weighted by Gasteiger charge is -2.16. The number of carbonyl (C=O) groups excluding carboxylic acids is 1. The highest BCUT2D eigenvalue weighted by molar-refractivity contribution is 5.76. The van der Waals surface area contributed by atoms with Crippen LogP contribution >= 0.6 is 0 Å². The molecule has 0 saturated heterocycles. The summed E-state index contributed by atoms with van der Waals surface area (Å²) >= 11 is 0. The molecule has 0 aliphatic heterocycles. The summed E-state index contributed by atoms with van der Waals surface area (Å²) in [7, 11) is 0. The summed E-state index contributed by atoms with van der Waals surface area (Å²) in [5.41, 5.74) is 0. The van der Waals surface area contributed by atoms with Crippen LogP contribution in [0, 0.1) is 11.8 Å². The molecule has 94 valence electrons. The molecule has 0 spiro atoms. The molecule has 1 aliphatic carbocycles. The van der Waals surface area contributed by atoms with Crippen LogP contribution in [0.4, 0.5) is 0 Å². The molecular weight excluding hydrogens is 198 g/mol. The van der Waals surface area contributed by atoms with E-state index in [0.29, 0.717) is 12.0 Å². The largest absolute Gasteiger partial charge is 0.354 e. The fourth-order valence-corrected chi connectivity index (χ4v) is 2.75. The van der Waals surface area contributed by atoms with Crippen molar-refractivity contribution in [3.8, 4) is 0 Å². The molecule has 16 heavy (non-hydrogen) atoms. The van der Waals surface area contributed by atoms with Crippen LogP contribution in [0.15, 0.2) is 0 Å². The topological polar surface area (TPSA) is 29.1 Å². The lowest BCUT2D eigenvalue weighted by Crippen LogP contribution is -2.33. The Morgan fingerprint density at radius 3 is 2.44 bits per heavy atom. The van der Waals surface area contributed by atoms with Crippen molar-refractivity contribution in [2.45, 2.75) is 71.8 Å². The van der Waals surface area contributed by atoms with E-state index in [1.165, 1.54) is 25.7 Å².